The molecule has 2 aromatic heterocycles. The highest BCUT2D eigenvalue weighted by molar-refractivity contribution is 7.91. The summed E-state index contributed by atoms with van der Waals surface area (Å²) in [6, 6.07) is 11.4. The van der Waals surface area contributed by atoms with E-state index in [9.17, 15) is 8.42 Å². The van der Waals surface area contributed by atoms with E-state index < -0.39 is 9.84 Å². The largest absolute Gasteiger partial charge is 0.492 e. The maximum absolute atomic E-state index is 12.1. The number of para-hydroxylation sites is 2. The summed E-state index contributed by atoms with van der Waals surface area (Å²) in [7, 11) is -3.31. The second-order valence-corrected chi connectivity index (χ2v) is 11.4. The molecule has 0 radical (unpaired) electrons. The lowest BCUT2D eigenvalue weighted by molar-refractivity contribution is 0.344. The van der Waals surface area contributed by atoms with Crippen LogP contribution in [0.25, 0.3) is 20.4 Å². The average molecular weight is 475 g/mol. The van der Waals surface area contributed by atoms with Crippen molar-refractivity contribution in [2.24, 2.45) is 0 Å². The predicted molar refractivity (Wildman–Crippen MR) is 128 cm³/mol. The Hall–Kier alpha value is -2.43. The number of hydrogen-bond acceptors (Lipinski definition) is 9. The standard InChI is InChI=1S/C21H22N4O3S3/c1-3-28-14-6-4-7-15-18(14)22-20(29-15)24-10-12-25(13-11-24)21-23-19-16(30-21)8-5-9-17(19)31(2,26)27/h4-9H,3,10-13H2,1-2H3. The molecule has 4 aromatic rings. The van der Waals surface area contributed by atoms with Gasteiger partial charge in [0.05, 0.1) is 20.9 Å². The molecule has 0 saturated carbocycles. The molecule has 3 heterocycles. The molecule has 0 amide bonds. The van der Waals surface area contributed by atoms with Crippen LogP contribution >= 0.6 is 22.7 Å². The molecule has 10 heteroatoms. The van der Waals surface area contributed by atoms with Crippen molar-refractivity contribution in [3.63, 3.8) is 0 Å². The number of ether oxygens (including phenoxy) is 1. The van der Waals surface area contributed by atoms with E-state index in [2.05, 4.69) is 20.9 Å². The second-order valence-electron chi connectivity index (χ2n) is 7.38. The first-order valence-corrected chi connectivity index (χ1v) is 13.6. The van der Waals surface area contributed by atoms with Gasteiger partial charge >= 0.3 is 0 Å². The monoisotopic (exact) mass is 474 g/mol. The lowest BCUT2D eigenvalue weighted by atomic mass is 10.3. The number of hydrogen-bond donors (Lipinski definition) is 0. The molecule has 0 bridgehead atoms. The van der Waals surface area contributed by atoms with E-state index in [0.29, 0.717) is 17.0 Å². The zero-order valence-electron chi connectivity index (χ0n) is 17.2. The Morgan fingerprint density at radius 2 is 1.45 bits per heavy atom. The van der Waals surface area contributed by atoms with E-state index in [4.69, 9.17) is 9.72 Å². The second kappa shape index (κ2) is 7.92. The zero-order chi connectivity index (χ0) is 21.6. The SMILES string of the molecule is CCOc1cccc2sc(N3CCN(c4nc5c(S(C)(=O)=O)cccc5s4)CC3)nc12. The number of fused-ring (bicyclic) bond motifs is 2. The number of nitrogens with zero attached hydrogens (tertiary/aromatic N) is 4. The van der Waals surface area contributed by atoms with E-state index in [0.717, 1.165) is 57.1 Å². The summed E-state index contributed by atoms with van der Waals surface area (Å²) >= 11 is 3.23. The van der Waals surface area contributed by atoms with E-state index >= 15 is 0 Å². The van der Waals surface area contributed by atoms with Crippen LogP contribution in [0.5, 0.6) is 5.75 Å². The molecule has 7 nitrogen and oxygen atoms in total. The number of rotatable bonds is 5. The lowest BCUT2D eigenvalue weighted by Crippen LogP contribution is -2.46. The predicted octanol–water partition coefficient (Wildman–Crippen LogP) is 4.03. The van der Waals surface area contributed by atoms with Crippen LogP contribution in [-0.4, -0.2) is 57.4 Å². The Kier molecular flexibility index (Phi) is 5.23. The van der Waals surface area contributed by atoms with Gasteiger partial charge in [-0.1, -0.05) is 34.8 Å². The van der Waals surface area contributed by atoms with Crippen molar-refractivity contribution in [1.82, 2.24) is 9.97 Å². The van der Waals surface area contributed by atoms with Gasteiger partial charge in [0.1, 0.15) is 16.8 Å². The fourth-order valence-electron chi connectivity index (χ4n) is 3.75. The van der Waals surface area contributed by atoms with Crippen LogP contribution in [0.2, 0.25) is 0 Å². The fourth-order valence-corrected chi connectivity index (χ4v) is 6.73. The molecule has 1 fully saturated rings. The highest BCUT2D eigenvalue weighted by atomic mass is 32.2. The molecule has 0 atom stereocenters. The van der Waals surface area contributed by atoms with Gasteiger partial charge in [0.15, 0.2) is 20.1 Å². The van der Waals surface area contributed by atoms with Gasteiger partial charge in [-0.2, -0.15) is 0 Å². The Balaban J connectivity index is 1.36. The van der Waals surface area contributed by atoms with Gasteiger partial charge in [0, 0.05) is 32.4 Å². The van der Waals surface area contributed by atoms with Gasteiger partial charge < -0.3 is 14.5 Å². The first-order chi connectivity index (χ1) is 14.9. The molecular formula is C21H22N4O3S3. The Labute approximate surface area is 188 Å². The number of sulfone groups is 1. The third-order valence-electron chi connectivity index (χ3n) is 5.26. The molecule has 0 aliphatic carbocycles. The number of thiazole rings is 2. The summed E-state index contributed by atoms with van der Waals surface area (Å²) in [6.07, 6.45) is 1.23. The molecule has 5 rings (SSSR count). The molecule has 1 aliphatic rings. The highest BCUT2D eigenvalue weighted by Crippen LogP contribution is 2.36. The number of benzene rings is 2. The van der Waals surface area contributed by atoms with E-state index in [1.54, 1.807) is 34.8 Å². The number of piperazine rings is 1. The van der Waals surface area contributed by atoms with Gasteiger partial charge in [0.2, 0.25) is 0 Å². The summed E-state index contributed by atoms with van der Waals surface area (Å²) in [6.45, 7) is 5.88. The topological polar surface area (TPSA) is 75.6 Å². The quantitative estimate of drug-likeness (QED) is 0.432. The van der Waals surface area contributed by atoms with E-state index in [1.165, 1.54) is 6.26 Å². The first-order valence-electron chi connectivity index (χ1n) is 10.1. The van der Waals surface area contributed by atoms with Crippen molar-refractivity contribution >= 4 is 63.2 Å². The van der Waals surface area contributed by atoms with Crippen molar-refractivity contribution in [2.45, 2.75) is 11.8 Å². The maximum Gasteiger partial charge on any atom is 0.186 e. The molecule has 2 aromatic carbocycles. The third-order valence-corrected chi connectivity index (χ3v) is 8.55. The summed E-state index contributed by atoms with van der Waals surface area (Å²) in [5, 5.41) is 1.87. The third kappa shape index (κ3) is 3.83. The molecule has 162 valence electrons. The molecule has 1 aliphatic heterocycles. The van der Waals surface area contributed by atoms with Crippen LogP contribution in [-0.2, 0) is 9.84 Å². The molecule has 0 N–H and O–H groups in total. The van der Waals surface area contributed by atoms with Gasteiger partial charge in [-0.05, 0) is 31.2 Å². The smallest absolute Gasteiger partial charge is 0.186 e. The Bertz CT molecular complexity index is 1350. The number of aromatic nitrogens is 2. The maximum atomic E-state index is 12.1. The van der Waals surface area contributed by atoms with Crippen LogP contribution in [0.15, 0.2) is 41.3 Å². The molecular weight excluding hydrogens is 452 g/mol. The van der Waals surface area contributed by atoms with Crippen molar-refractivity contribution in [1.29, 1.82) is 0 Å². The molecule has 31 heavy (non-hydrogen) atoms. The van der Waals surface area contributed by atoms with Gasteiger partial charge in [-0.3, -0.25) is 0 Å². The van der Waals surface area contributed by atoms with Crippen LogP contribution in [0.1, 0.15) is 6.92 Å². The minimum atomic E-state index is -3.31. The van der Waals surface area contributed by atoms with Crippen LogP contribution < -0.4 is 14.5 Å². The summed E-state index contributed by atoms with van der Waals surface area (Å²) in [5.74, 6) is 0.831. The lowest BCUT2D eigenvalue weighted by Gasteiger charge is -2.34. The van der Waals surface area contributed by atoms with Crippen molar-refractivity contribution in [3.05, 3.63) is 36.4 Å². The van der Waals surface area contributed by atoms with Gasteiger partial charge in [-0.25, -0.2) is 18.4 Å². The van der Waals surface area contributed by atoms with Gasteiger partial charge in [-0.15, -0.1) is 0 Å². The number of anilines is 2. The highest BCUT2D eigenvalue weighted by Gasteiger charge is 2.24. The average Bonchev–Trinajstić information content (AvgIpc) is 3.38. The minimum Gasteiger partial charge on any atom is -0.492 e. The fraction of sp³-hybridized carbons (Fsp3) is 0.333. The van der Waals surface area contributed by atoms with Crippen molar-refractivity contribution in [2.75, 3.05) is 48.8 Å². The van der Waals surface area contributed by atoms with Gasteiger partial charge in [0.25, 0.3) is 0 Å². The van der Waals surface area contributed by atoms with Crippen LogP contribution in [0.3, 0.4) is 0 Å². The van der Waals surface area contributed by atoms with Crippen molar-refractivity contribution < 1.29 is 13.2 Å². The van der Waals surface area contributed by atoms with Crippen LogP contribution in [0, 0.1) is 0 Å². The zero-order valence-corrected chi connectivity index (χ0v) is 19.7. The summed E-state index contributed by atoms with van der Waals surface area (Å²) in [4.78, 5) is 14.4. The molecule has 1 saturated heterocycles. The van der Waals surface area contributed by atoms with Crippen LogP contribution in [0.4, 0.5) is 10.3 Å². The minimum absolute atomic E-state index is 0.297. The normalized spacial score (nSPS) is 15.2. The molecule has 0 unspecified atom stereocenters. The first kappa shape index (κ1) is 20.5. The van der Waals surface area contributed by atoms with E-state index in [-0.39, 0.29) is 0 Å². The van der Waals surface area contributed by atoms with Crippen molar-refractivity contribution in [3.8, 4) is 5.75 Å². The molecule has 0 spiro atoms. The Morgan fingerprint density at radius 3 is 2.03 bits per heavy atom. The van der Waals surface area contributed by atoms with E-state index in [1.807, 2.05) is 25.1 Å². The summed E-state index contributed by atoms with van der Waals surface area (Å²) < 4.78 is 32.0. The Morgan fingerprint density at radius 1 is 0.903 bits per heavy atom. The summed E-state index contributed by atoms with van der Waals surface area (Å²) in [5.41, 5.74) is 1.49.